The Morgan fingerprint density at radius 1 is 0.304 bits per heavy atom. The molecule has 0 spiro atoms. The van der Waals surface area contributed by atoms with Crippen LogP contribution >= 0.6 is 0 Å². The van der Waals surface area contributed by atoms with Crippen LogP contribution in [0.2, 0.25) is 0 Å². The Hall–Kier alpha value is -0.160. The lowest BCUT2D eigenvalue weighted by molar-refractivity contribution is -0.361. The molecule has 4 heteroatoms. The molecule has 4 nitrogen and oxygen atoms in total. The van der Waals surface area contributed by atoms with E-state index in [0.717, 1.165) is 25.7 Å². The van der Waals surface area contributed by atoms with Gasteiger partial charge in [0.25, 0.3) is 0 Å². The highest BCUT2D eigenvalue weighted by molar-refractivity contribution is 4.82. The summed E-state index contributed by atoms with van der Waals surface area (Å²) < 4.78 is 0. The lowest BCUT2D eigenvalue weighted by atomic mass is 9.93. The van der Waals surface area contributed by atoms with Crippen molar-refractivity contribution in [1.82, 2.24) is 0 Å². The topological polar surface area (TPSA) is 80.9 Å². The van der Waals surface area contributed by atoms with Gasteiger partial charge in [0.2, 0.25) is 11.6 Å². The molecule has 0 aromatic heterocycles. The highest BCUT2D eigenvalue weighted by atomic mass is 16.6. The second-order valence-corrected chi connectivity index (χ2v) is 7.44. The van der Waals surface area contributed by atoms with Gasteiger partial charge in [-0.1, -0.05) is 83.5 Å². The fourth-order valence-corrected chi connectivity index (χ4v) is 3.44. The van der Waals surface area contributed by atoms with E-state index < -0.39 is 11.6 Å². The summed E-state index contributed by atoms with van der Waals surface area (Å²) in [7, 11) is 0. The summed E-state index contributed by atoms with van der Waals surface area (Å²) in [6.45, 7) is 0. The molecular formula is C19H38O4. The lowest BCUT2D eigenvalue weighted by Crippen LogP contribution is -2.54. The largest absolute Gasteiger partial charge is 0.361 e. The van der Waals surface area contributed by atoms with Crippen LogP contribution in [0.15, 0.2) is 0 Å². The van der Waals surface area contributed by atoms with Gasteiger partial charge in [0, 0.05) is 12.8 Å². The molecule has 0 atom stereocenters. The van der Waals surface area contributed by atoms with Gasteiger partial charge >= 0.3 is 0 Å². The quantitative estimate of drug-likeness (QED) is 0.506. The predicted molar refractivity (Wildman–Crippen MR) is 92.8 cm³/mol. The monoisotopic (exact) mass is 330 g/mol. The van der Waals surface area contributed by atoms with Crippen molar-refractivity contribution >= 4 is 0 Å². The first-order valence-corrected chi connectivity index (χ1v) is 9.85. The van der Waals surface area contributed by atoms with E-state index in [-0.39, 0.29) is 12.8 Å². The van der Waals surface area contributed by atoms with Crippen LogP contribution in [0.3, 0.4) is 0 Å². The molecule has 0 aliphatic heterocycles. The zero-order valence-electron chi connectivity index (χ0n) is 14.8. The normalized spacial score (nSPS) is 26.6. The zero-order chi connectivity index (χ0) is 17.0. The van der Waals surface area contributed by atoms with Crippen molar-refractivity contribution in [2.45, 2.75) is 121 Å². The summed E-state index contributed by atoms with van der Waals surface area (Å²) in [6, 6.07) is 0. The smallest absolute Gasteiger partial charge is 0.218 e. The van der Waals surface area contributed by atoms with E-state index in [1.807, 2.05) is 0 Å². The van der Waals surface area contributed by atoms with Crippen molar-refractivity contribution in [2.75, 3.05) is 0 Å². The van der Waals surface area contributed by atoms with E-state index in [0.29, 0.717) is 12.8 Å². The Morgan fingerprint density at radius 3 is 0.696 bits per heavy atom. The highest BCUT2D eigenvalue weighted by Crippen LogP contribution is 2.29. The molecule has 1 rings (SSSR count). The van der Waals surface area contributed by atoms with Gasteiger partial charge in [-0.25, -0.2) is 0 Å². The predicted octanol–water partition coefficient (Wildman–Crippen LogP) is 3.99. The molecule has 0 radical (unpaired) electrons. The standard InChI is InChI=1S/C19H38O4/c20-18(21)16-14-12-10-8-6-4-2-1-3-5-7-9-11-13-15-17-19(18,22)23/h20-23H,1-17H2. The van der Waals surface area contributed by atoms with Crippen LogP contribution in [-0.2, 0) is 0 Å². The van der Waals surface area contributed by atoms with Crippen molar-refractivity contribution in [2.24, 2.45) is 0 Å². The second kappa shape index (κ2) is 11.4. The van der Waals surface area contributed by atoms with Gasteiger partial charge in [-0.15, -0.1) is 0 Å². The van der Waals surface area contributed by atoms with E-state index in [2.05, 4.69) is 0 Å². The van der Waals surface area contributed by atoms with Crippen LogP contribution < -0.4 is 0 Å². The van der Waals surface area contributed by atoms with Gasteiger partial charge < -0.3 is 20.4 Å². The Bertz CT molecular complexity index is 261. The molecule has 0 aromatic carbocycles. The van der Waals surface area contributed by atoms with Crippen LogP contribution in [0, 0.1) is 0 Å². The minimum atomic E-state index is -2.39. The molecule has 1 fully saturated rings. The average molecular weight is 331 g/mol. The maximum absolute atomic E-state index is 9.99. The SMILES string of the molecule is OC1(O)CCCCCCCCCCCCCCCCCC1(O)O. The first-order chi connectivity index (χ1) is 11.0. The van der Waals surface area contributed by atoms with Crippen LogP contribution in [0.4, 0.5) is 0 Å². The number of rotatable bonds is 0. The van der Waals surface area contributed by atoms with Gasteiger partial charge in [0.15, 0.2) is 0 Å². The van der Waals surface area contributed by atoms with Gasteiger partial charge in [0.1, 0.15) is 0 Å². The second-order valence-electron chi connectivity index (χ2n) is 7.44. The first kappa shape index (κ1) is 20.9. The third-order valence-electron chi connectivity index (χ3n) is 5.19. The van der Waals surface area contributed by atoms with E-state index in [4.69, 9.17) is 0 Å². The summed E-state index contributed by atoms with van der Waals surface area (Å²) in [6.07, 6.45) is 16.8. The Labute approximate surface area is 141 Å². The molecule has 0 heterocycles. The summed E-state index contributed by atoms with van der Waals surface area (Å²) in [5.74, 6) is -4.79. The fourth-order valence-electron chi connectivity index (χ4n) is 3.44. The van der Waals surface area contributed by atoms with Crippen molar-refractivity contribution in [3.05, 3.63) is 0 Å². The molecule has 0 bridgehead atoms. The van der Waals surface area contributed by atoms with E-state index in [1.54, 1.807) is 0 Å². The molecule has 0 saturated heterocycles. The fraction of sp³-hybridized carbons (Fsp3) is 1.00. The number of hydrogen-bond acceptors (Lipinski definition) is 4. The molecule has 1 aliphatic carbocycles. The third-order valence-corrected chi connectivity index (χ3v) is 5.19. The molecule has 1 saturated carbocycles. The van der Waals surface area contributed by atoms with Crippen LogP contribution in [-0.4, -0.2) is 32.0 Å². The van der Waals surface area contributed by atoms with E-state index in [1.165, 1.54) is 57.8 Å². The Kier molecular flexibility index (Phi) is 10.4. The van der Waals surface area contributed by atoms with E-state index in [9.17, 15) is 20.4 Å². The molecule has 0 amide bonds. The van der Waals surface area contributed by atoms with Crippen molar-refractivity contribution in [3.8, 4) is 0 Å². The average Bonchev–Trinajstić information content (AvgIpc) is 2.49. The Balaban J connectivity index is 2.39. The molecule has 0 aromatic rings. The minimum absolute atomic E-state index is 0.0278. The summed E-state index contributed by atoms with van der Waals surface area (Å²) in [5, 5.41) is 40.0. The summed E-state index contributed by atoms with van der Waals surface area (Å²) in [5.41, 5.74) is 0. The Morgan fingerprint density at radius 2 is 0.478 bits per heavy atom. The number of aliphatic hydroxyl groups is 4. The molecular weight excluding hydrogens is 292 g/mol. The van der Waals surface area contributed by atoms with E-state index >= 15 is 0 Å². The van der Waals surface area contributed by atoms with Crippen LogP contribution in [0.25, 0.3) is 0 Å². The van der Waals surface area contributed by atoms with Gasteiger partial charge in [-0.3, -0.25) is 0 Å². The number of hydrogen-bond donors (Lipinski definition) is 4. The molecule has 138 valence electrons. The van der Waals surface area contributed by atoms with Crippen LogP contribution in [0.1, 0.15) is 109 Å². The molecule has 1 aliphatic rings. The minimum Gasteiger partial charge on any atom is -0.361 e. The maximum Gasteiger partial charge on any atom is 0.218 e. The molecule has 0 unspecified atom stereocenters. The molecule has 23 heavy (non-hydrogen) atoms. The van der Waals surface area contributed by atoms with Crippen molar-refractivity contribution in [1.29, 1.82) is 0 Å². The molecule has 4 N–H and O–H groups in total. The van der Waals surface area contributed by atoms with Gasteiger partial charge in [-0.05, 0) is 12.8 Å². The van der Waals surface area contributed by atoms with Gasteiger partial charge in [0.05, 0.1) is 0 Å². The zero-order valence-corrected chi connectivity index (χ0v) is 14.8. The van der Waals surface area contributed by atoms with Crippen molar-refractivity contribution < 1.29 is 20.4 Å². The first-order valence-electron chi connectivity index (χ1n) is 9.85. The summed E-state index contributed by atoms with van der Waals surface area (Å²) in [4.78, 5) is 0. The lowest BCUT2D eigenvalue weighted by Gasteiger charge is -2.35. The van der Waals surface area contributed by atoms with Crippen molar-refractivity contribution in [3.63, 3.8) is 0 Å². The third kappa shape index (κ3) is 9.04. The van der Waals surface area contributed by atoms with Gasteiger partial charge in [-0.2, -0.15) is 0 Å². The maximum atomic E-state index is 9.99. The highest BCUT2D eigenvalue weighted by Gasteiger charge is 2.45. The summed E-state index contributed by atoms with van der Waals surface area (Å²) >= 11 is 0. The van der Waals surface area contributed by atoms with Crippen LogP contribution in [0.5, 0.6) is 0 Å².